The molecule has 1 aromatic carbocycles. The molecule has 1 nitrogen and oxygen atoms in total. The van der Waals surface area contributed by atoms with Crippen LogP contribution in [0.4, 0.5) is 8.78 Å². The van der Waals surface area contributed by atoms with E-state index < -0.39 is 17.7 Å². The Kier molecular flexibility index (Phi) is 4.10. The Bertz CT molecular complexity index is 347. The zero-order valence-corrected chi connectivity index (χ0v) is 10.2. The van der Waals surface area contributed by atoms with Crippen LogP contribution in [0.15, 0.2) is 18.2 Å². The van der Waals surface area contributed by atoms with Crippen LogP contribution in [-0.2, 0) is 0 Å². The van der Waals surface area contributed by atoms with E-state index in [4.69, 9.17) is 0 Å². The van der Waals surface area contributed by atoms with Gasteiger partial charge < -0.3 is 5.11 Å². The van der Waals surface area contributed by atoms with Crippen LogP contribution in [-0.4, -0.2) is 27.6 Å². The van der Waals surface area contributed by atoms with Crippen molar-refractivity contribution in [2.24, 2.45) is 0 Å². The molecular formula is C11H12F2OS2. The Morgan fingerprint density at radius 3 is 2.44 bits per heavy atom. The molecule has 2 rings (SSSR count). The van der Waals surface area contributed by atoms with Crippen molar-refractivity contribution in [1.82, 2.24) is 0 Å². The zero-order valence-electron chi connectivity index (χ0n) is 8.53. The summed E-state index contributed by atoms with van der Waals surface area (Å²) in [5, 5.41) is 10.1. The number of benzene rings is 1. The molecule has 5 heteroatoms. The Labute approximate surface area is 102 Å². The van der Waals surface area contributed by atoms with E-state index in [1.54, 1.807) is 23.5 Å². The van der Waals surface area contributed by atoms with E-state index in [0.29, 0.717) is 5.56 Å². The molecule has 0 aromatic heterocycles. The smallest absolute Gasteiger partial charge is 0.126 e. The highest BCUT2D eigenvalue weighted by molar-refractivity contribution is 8.06. The molecule has 0 saturated carbocycles. The van der Waals surface area contributed by atoms with Crippen LogP contribution in [0.25, 0.3) is 0 Å². The van der Waals surface area contributed by atoms with E-state index in [2.05, 4.69) is 0 Å². The molecule has 2 unspecified atom stereocenters. The van der Waals surface area contributed by atoms with Gasteiger partial charge in [-0.2, -0.15) is 23.5 Å². The van der Waals surface area contributed by atoms with Crippen molar-refractivity contribution in [3.05, 3.63) is 35.4 Å². The summed E-state index contributed by atoms with van der Waals surface area (Å²) < 4.78 is 26.0. The monoisotopic (exact) mass is 262 g/mol. The SMILES string of the molecule is OC(c1cc(F)cc(F)c1)C1CSCCS1. The van der Waals surface area contributed by atoms with Crippen LogP contribution in [0.1, 0.15) is 11.7 Å². The van der Waals surface area contributed by atoms with Crippen LogP contribution < -0.4 is 0 Å². The number of aliphatic hydroxyl groups is 1. The number of hydrogen-bond donors (Lipinski definition) is 1. The van der Waals surface area contributed by atoms with Crippen molar-refractivity contribution in [1.29, 1.82) is 0 Å². The first-order valence-corrected chi connectivity index (χ1v) is 7.20. The van der Waals surface area contributed by atoms with Crippen LogP contribution in [0.3, 0.4) is 0 Å². The fourth-order valence-corrected chi connectivity index (χ4v) is 4.40. The van der Waals surface area contributed by atoms with Crippen LogP contribution >= 0.6 is 23.5 Å². The van der Waals surface area contributed by atoms with Gasteiger partial charge in [-0.25, -0.2) is 8.78 Å². The summed E-state index contributed by atoms with van der Waals surface area (Å²) in [7, 11) is 0. The van der Waals surface area contributed by atoms with Crippen molar-refractivity contribution in [2.45, 2.75) is 11.4 Å². The Morgan fingerprint density at radius 2 is 1.88 bits per heavy atom. The average molecular weight is 262 g/mol. The average Bonchev–Trinajstić information content (AvgIpc) is 2.28. The minimum Gasteiger partial charge on any atom is -0.387 e. The van der Waals surface area contributed by atoms with E-state index in [1.807, 2.05) is 0 Å². The number of thioether (sulfide) groups is 2. The lowest BCUT2D eigenvalue weighted by atomic mass is 10.1. The van der Waals surface area contributed by atoms with Gasteiger partial charge in [0.25, 0.3) is 0 Å². The topological polar surface area (TPSA) is 20.2 Å². The maximum absolute atomic E-state index is 13.0. The van der Waals surface area contributed by atoms with Gasteiger partial charge in [0.05, 0.1) is 6.10 Å². The van der Waals surface area contributed by atoms with E-state index >= 15 is 0 Å². The van der Waals surface area contributed by atoms with Crippen molar-refractivity contribution in [3.8, 4) is 0 Å². The van der Waals surface area contributed by atoms with Gasteiger partial charge >= 0.3 is 0 Å². The van der Waals surface area contributed by atoms with Gasteiger partial charge in [0.1, 0.15) is 11.6 Å². The predicted octanol–water partition coefficient (Wildman–Crippen LogP) is 2.85. The molecule has 16 heavy (non-hydrogen) atoms. The fraction of sp³-hybridized carbons (Fsp3) is 0.455. The minimum absolute atomic E-state index is 0.0277. The largest absolute Gasteiger partial charge is 0.387 e. The second kappa shape index (κ2) is 5.38. The maximum Gasteiger partial charge on any atom is 0.126 e. The Hall–Kier alpha value is -0.260. The lowest BCUT2D eigenvalue weighted by molar-refractivity contribution is 0.179. The Morgan fingerprint density at radius 1 is 1.19 bits per heavy atom. The van der Waals surface area contributed by atoms with Gasteiger partial charge in [0.2, 0.25) is 0 Å². The molecule has 1 fully saturated rings. The predicted molar refractivity (Wildman–Crippen MR) is 64.9 cm³/mol. The number of hydrogen-bond acceptors (Lipinski definition) is 3. The molecule has 1 aliphatic rings. The van der Waals surface area contributed by atoms with Gasteiger partial charge in [-0.1, -0.05) is 0 Å². The second-order valence-corrected chi connectivity index (χ2v) is 6.13. The highest BCUT2D eigenvalue weighted by Crippen LogP contribution is 2.33. The number of halogens is 2. The summed E-state index contributed by atoms with van der Waals surface area (Å²) in [5.41, 5.74) is 0.331. The van der Waals surface area contributed by atoms with Gasteiger partial charge in [-0.3, -0.25) is 0 Å². The van der Waals surface area contributed by atoms with E-state index in [1.165, 1.54) is 12.1 Å². The van der Waals surface area contributed by atoms with Gasteiger partial charge in [0, 0.05) is 28.6 Å². The molecule has 0 spiro atoms. The third kappa shape index (κ3) is 2.90. The first kappa shape index (κ1) is 12.2. The first-order chi connectivity index (χ1) is 7.66. The molecule has 88 valence electrons. The molecule has 2 atom stereocenters. The summed E-state index contributed by atoms with van der Waals surface area (Å²) in [4.78, 5) is 0. The molecule has 0 radical (unpaired) electrons. The molecule has 1 aliphatic heterocycles. The first-order valence-electron chi connectivity index (χ1n) is 5.00. The quantitative estimate of drug-likeness (QED) is 0.885. The van der Waals surface area contributed by atoms with Gasteiger partial charge in [-0.15, -0.1) is 0 Å². The molecule has 0 amide bonds. The van der Waals surface area contributed by atoms with E-state index in [9.17, 15) is 13.9 Å². The van der Waals surface area contributed by atoms with Crippen LogP contribution in [0.2, 0.25) is 0 Å². The van der Waals surface area contributed by atoms with Crippen molar-refractivity contribution >= 4 is 23.5 Å². The molecule has 1 aromatic rings. The summed E-state index contributed by atoms with van der Waals surface area (Å²) in [6.45, 7) is 0. The molecular weight excluding hydrogens is 250 g/mol. The van der Waals surface area contributed by atoms with Crippen molar-refractivity contribution in [3.63, 3.8) is 0 Å². The minimum atomic E-state index is -0.789. The molecule has 1 N–H and O–H groups in total. The van der Waals surface area contributed by atoms with Crippen molar-refractivity contribution in [2.75, 3.05) is 17.3 Å². The Balaban J connectivity index is 2.15. The van der Waals surface area contributed by atoms with Crippen LogP contribution in [0, 0.1) is 11.6 Å². The molecule has 1 heterocycles. The van der Waals surface area contributed by atoms with Crippen molar-refractivity contribution < 1.29 is 13.9 Å². The van der Waals surface area contributed by atoms with Gasteiger partial charge in [-0.05, 0) is 17.7 Å². The number of rotatable bonds is 2. The number of aliphatic hydroxyl groups excluding tert-OH is 1. The third-order valence-corrected chi connectivity index (χ3v) is 5.27. The summed E-state index contributed by atoms with van der Waals surface area (Å²) in [5.74, 6) is 1.60. The zero-order chi connectivity index (χ0) is 11.5. The standard InChI is InChI=1S/C11H12F2OS2/c12-8-3-7(4-9(13)5-8)11(14)10-6-15-1-2-16-10/h3-5,10-11,14H,1-2,6H2. The summed E-state index contributed by atoms with van der Waals surface area (Å²) >= 11 is 3.43. The molecule has 0 bridgehead atoms. The van der Waals surface area contributed by atoms with Crippen LogP contribution in [0.5, 0.6) is 0 Å². The fourth-order valence-electron chi connectivity index (χ4n) is 1.65. The molecule has 0 aliphatic carbocycles. The van der Waals surface area contributed by atoms with E-state index in [-0.39, 0.29) is 5.25 Å². The highest BCUT2D eigenvalue weighted by Gasteiger charge is 2.24. The summed E-state index contributed by atoms with van der Waals surface area (Å²) in [6.07, 6.45) is -0.789. The normalized spacial score (nSPS) is 23.1. The second-order valence-electron chi connectivity index (χ2n) is 3.63. The van der Waals surface area contributed by atoms with Gasteiger partial charge in [0.15, 0.2) is 0 Å². The lowest BCUT2D eigenvalue weighted by Gasteiger charge is -2.26. The molecule has 1 saturated heterocycles. The lowest BCUT2D eigenvalue weighted by Crippen LogP contribution is -2.22. The van der Waals surface area contributed by atoms with E-state index in [0.717, 1.165) is 23.3 Å². The highest BCUT2D eigenvalue weighted by atomic mass is 32.2. The maximum atomic E-state index is 13.0. The summed E-state index contributed by atoms with van der Waals surface area (Å²) in [6, 6.07) is 3.22. The third-order valence-electron chi connectivity index (χ3n) is 2.42.